The van der Waals surface area contributed by atoms with Crippen LogP contribution in [-0.2, 0) is 4.43 Å². The molecule has 0 spiro atoms. The summed E-state index contributed by atoms with van der Waals surface area (Å²) in [7, 11) is -1.32. The Kier molecular flexibility index (Phi) is 5.02. The van der Waals surface area contributed by atoms with Crippen LogP contribution in [0.3, 0.4) is 0 Å². The van der Waals surface area contributed by atoms with Crippen LogP contribution < -0.4 is 0 Å². The van der Waals surface area contributed by atoms with Crippen molar-refractivity contribution < 1.29 is 4.43 Å². The maximum Gasteiger partial charge on any atom is 0.194 e. The molecule has 0 aliphatic rings. The molecule has 0 rings (SSSR count). The van der Waals surface area contributed by atoms with Gasteiger partial charge >= 0.3 is 0 Å². The van der Waals surface area contributed by atoms with Gasteiger partial charge in [0.1, 0.15) is 0 Å². The second kappa shape index (κ2) is 4.94. The largest absolute Gasteiger partial charge is 0.417 e. The van der Waals surface area contributed by atoms with E-state index < -0.39 is 8.32 Å². The van der Waals surface area contributed by atoms with Gasteiger partial charge in [-0.05, 0) is 24.6 Å². The van der Waals surface area contributed by atoms with Crippen LogP contribution in [0.15, 0.2) is 0 Å². The van der Waals surface area contributed by atoms with Crippen molar-refractivity contribution >= 4 is 8.32 Å². The van der Waals surface area contributed by atoms with Crippen molar-refractivity contribution in [3.8, 4) is 0 Å². The van der Waals surface area contributed by atoms with Crippen molar-refractivity contribution in [2.24, 2.45) is 0 Å². The lowest BCUT2D eigenvalue weighted by molar-refractivity contribution is 0.313. The molecule has 68 valence electrons. The maximum absolute atomic E-state index is 5.93. The lowest BCUT2D eigenvalue weighted by Crippen LogP contribution is -2.39. The van der Waals surface area contributed by atoms with Gasteiger partial charge in [0.05, 0.1) is 0 Å². The summed E-state index contributed by atoms with van der Waals surface area (Å²) in [6, 6.07) is 2.52. The molecule has 0 aliphatic carbocycles. The minimum atomic E-state index is -1.32. The first-order valence-corrected chi connectivity index (χ1v) is 7.16. The Morgan fingerprint density at radius 2 is 1.55 bits per heavy atom. The molecule has 0 fully saturated rings. The van der Waals surface area contributed by atoms with Gasteiger partial charge in [0, 0.05) is 6.61 Å². The van der Waals surface area contributed by atoms with Crippen LogP contribution in [0.2, 0.25) is 17.6 Å². The van der Waals surface area contributed by atoms with Crippen LogP contribution in [0.25, 0.3) is 0 Å². The van der Waals surface area contributed by atoms with E-state index in [-0.39, 0.29) is 0 Å². The molecule has 11 heavy (non-hydrogen) atoms. The van der Waals surface area contributed by atoms with Gasteiger partial charge in [-0.2, -0.15) is 0 Å². The van der Waals surface area contributed by atoms with Gasteiger partial charge in [0.15, 0.2) is 8.32 Å². The number of hydrogen-bond donors (Lipinski definition) is 0. The summed E-state index contributed by atoms with van der Waals surface area (Å²) in [6.07, 6.45) is 0. The monoisotopic (exact) mass is 174 g/mol. The Hall–Kier alpha value is 0.177. The molecular formula is C9H22OSi. The summed E-state index contributed by atoms with van der Waals surface area (Å²) in [6.45, 7) is 12.1. The topological polar surface area (TPSA) is 9.23 Å². The molecular weight excluding hydrogens is 152 g/mol. The van der Waals surface area contributed by atoms with Crippen LogP contribution in [0, 0.1) is 0 Å². The Morgan fingerprint density at radius 1 is 1.09 bits per heavy atom. The van der Waals surface area contributed by atoms with E-state index in [1.807, 2.05) is 0 Å². The molecule has 0 N–H and O–H groups in total. The second-order valence-corrected chi connectivity index (χ2v) is 8.35. The highest BCUT2D eigenvalue weighted by Gasteiger charge is 2.33. The Morgan fingerprint density at radius 3 is 1.64 bits per heavy atom. The molecule has 0 amide bonds. The van der Waals surface area contributed by atoms with Gasteiger partial charge in [-0.15, -0.1) is 0 Å². The molecule has 0 heterocycles. The van der Waals surface area contributed by atoms with Gasteiger partial charge in [-0.3, -0.25) is 0 Å². The summed E-state index contributed by atoms with van der Waals surface area (Å²) < 4.78 is 5.93. The fourth-order valence-corrected chi connectivity index (χ4v) is 5.17. The first-order chi connectivity index (χ1) is 5.13. The molecule has 0 bridgehead atoms. The minimum Gasteiger partial charge on any atom is -0.417 e. The molecule has 0 saturated carbocycles. The predicted molar refractivity (Wildman–Crippen MR) is 53.4 cm³/mol. The van der Waals surface area contributed by atoms with E-state index in [9.17, 15) is 0 Å². The van der Waals surface area contributed by atoms with E-state index in [2.05, 4.69) is 34.6 Å². The van der Waals surface area contributed by atoms with Gasteiger partial charge in [0.25, 0.3) is 0 Å². The van der Waals surface area contributed by atoms with E-state index in [1.54, 1.807) is 0 Å². The second-order valence-electron chi connectivity index (χ2n) is 3.36. The summed E-state index contributed by atoms with van der Waals surface area (Å²) in [5.74, 6) is 0. The van der Waals surface area contributed by atoms with Gasteiger partial charge in [0.2, 0.25) is 0 Å². The molecule has 0 saturated heterocycles. The summed E-state index contributed by atoms with van der Waals surface area (Å²) >= 11 is 0. The van der Waals surface area contributed by atoms with Gasteiger partial charge in [-0.25, -0.2) is 0 Å². The standard InChI is InChI=1S/C9H22OSi/c1-6-10-11(7-2,8-3)9(4)5/h9H,6-8H2,1-5H3. The molecule has 2 heteroatoms. The van der Waals surface area contributed by atoms with Crippen molar-refractivity contribution in [3.05, 3.63) is 0 Å². The van der Waals surface area contributed by atoms with Crippen LogP contribution in [0.5, 0.6) is 0 Å². The Balaban J connectivity index is 4.20. The fraction of sp³-hybridized carbons (Fsp3) is 1.00. The van der Waals surface area contributed by atoms with E-state index >= 15 is 0 Å². The van der Waals surface area contributed by atoms with E-state index in [1.165, 1.54) is 12.1 Å². The quantitative estimate of drug-likeness (QED) is 0.580. The lowest BCUT2D eigenvalue weighted by atomic mass is 10.6. The third kappa shape index (κ3) is 2.60. The molecule has 0 radical (unpaired) electrons. The molecule has 0 aliphatic heterocycles. The highest BCUT2D eigenvalue weighted by atomic mass is 28.4. The van der Waals surface area contributed by atoms with Gasteiger partial charge < -0.3 is 4.43 Å². The zero-order valence-electron chi connectivity index (χ0n) is 8.61. The highest BCUT2D eigenvalue weighted by molar-refractivity contribution is 6.74. The maximum atomic E-state index is 5.93. The van der Waals surface area contributed by atoms with Crippen LogP contribution in [0.1, 0.15) is 34.6 Å². The minimum absolute atomic E-state index is 0.762. The van der Waals surface area contributed by atoms with E-state index in [0.29, 0.717) is 0 Å². The first kappa shape index (κ1) is 11.2. The molecule has 0 unspecified atom stereocenters. The lowest BCUT2D eigenvalue weighted by Gasteiger charge is -2.32. The van der Waals surface area contributed by atoms with Crippen molar-refractivity contribution in [1.29, 1.82) is 0 Å². The smallest absolute Gasteiger partial charge is 0.194 e. The number of hydrogen-bond acceptors (Lipinski definition) is 1. The van der Waals surface area contributed by atoms with E-state index in [4.69, 9.17) is 4.43 Å². The molecule has 0 aromatic rings. The SMILES string of the molecule is CCO[Si](CC)(CC)C(C)C. The zero-order valence-corrected chi connectivity index (χ0v) is 9.61. The van der Waals surface area contributed by atoms with Crippen molar-refractivity contribution in [2.45, 2.75) is 52.2 Å². The first-order valence-electron chi connectivity index (χ1n) is 4.76. The fourth-order valence-electron chi connectivity index (χ4n) is 1.72. The molecule has 1 nitrogen and oxygen atoms in total. The number of rotatable bonds is 5. The van der Waals surface area contributed by atoms with Crippen LogP contribution in [0.4, 0.5) is 0 Å². The third-order valence-electron chi connectivity index (χ3n) is 2.68. The Bertz CT molecular complexity index is 97.7. The predicted octanol–water partition coefficient (Wildman–Crippen LogP) is 3.42. The molecule has 0 aromatic carbocycles. The average Bonchev–Trinajstić information content (AvgIpc) is 2.00. The zero-order chi connectivity index (χ0) is 8.91. The van der Waals surface area contributed by atoms with E-state index in [0.717, 1.165) is 12.1 Å². The average molecular weight is 174 g/mol. The van der Waals surface area contributed by atoms with Crippen molar-refractivity contribution in [2.75, 3.05) is 6.61 Å². The third-order valence-corrected chi connectivity index (χ3v) is 8.04. The van der Waals surface area contributed by atoms with Crippen LogP contribution >= 0.6 is 0 Å². The molecule has 0 aromatic heterocycles. The molecule has 0 atom stereocenters. The normalized spacial score (nSPS) is 12.5. The highest BCUT2D eigenvalue weighted by Crippen LogP contribution is 2.29. The van der Waals surface area contributed by atoms with Gasteiger partial charge in [-0.1, -0.05) is 27.7 Å². The Labute approximate surface area is 72.3 Å². The van der Waals surface area contributed by atoms with Crippen molar-refractivity contribution in [1.82, 2.24) is 0 Å². The summed E-state index contributed by atoms with van der Waals surface area (Å²) in [4.78, 5) is 0. The van der Waals surface area contributed by atoms with Crippen molar-refractivity contribution in [3.63, 3.8) is 0 Å². The van der Waals surface area contributed by atoms with Crippen LogP contribution in [-0.4, -0.2) is 14.9 Å². The summed E-state index contributed by atoms with van der Waals surface area (Å²) in [5.41, 5.74) is 0.762. The summed E-state index contributed by atoms with van der Waals surface area (Å²) in [5, 5.41) is 0.